The molecule has 2 aromatic rings. The van der Waals surface area contributed by atoms with Gasteiger partial charge >= 0.3 is 0 Å². The van der Waals surface area contributed by atoms with Crippen molar-refractivity contribution in [3.63, 3.8) is 0 Å². The third-order valence-electron chi connectivity index (χ3n) is 3.17. The highest BCUT2D eigenvalue weighted by molar-refractivity contribution is 5.39. The van der Waals surface area contributed by atoms with Crippen LogP contribution in [0.4, 0.5) is 0 Å². The Morgan fingerprint density at radius 2 is 1.62 bits per heavy atom. The Morgan fingerprint density at radius 1 is 0.905 bits per heavy atom. The third kappa shape index (κ3) is 4.42. The summed E-state index contributed by atoms with van der Waals surface area (Å²) in [5.41, 5.74) is 2.20. The lowest BCUT2D eigenvalue weighted by Gasteiger charge is -2.11. The van der Waals surface area contributed by atoms with Crippen LogP contribution in [0.1, 0.15) is 24.5 Å². The van der Waals surface area contributed by atoms with E-state index in [-0.39, 0.29) is 0 Å². The molecule has 0 atom stereocenters. The predicted molar refractivity (Wildman–Crippen MR) is 84.3 cm³/mol. The van der Waals surface area contributed by atoms with Crippen molar-refractivity contribution >= 4 is 0 Å². The lowest BCUT2D eigenvalue weighted by Crippen LogP contribution is -1.99. The first kappa shape index (κ1) is 15.2. The summed E-state index contributed by atoms with van der Waals surface area (Å²) in [4.78, 5) is 0. The predicted octanol–water partition coefficient (Wildman–Crippen LogP) is 4.37. The Labute approximate surface area is 126 Å². The largest absolute Gasteiger partial charge is 0.497 e. The van der Waals surface area contributed by atoms with Gasteiger partial charge in [-0.1, -0.05) is 19.1 Å². The van der Waals surface area contributed by atoms with Gasteiger partial charge in [-0.25, -0.2) is 0 Å². The molecule has 0 aliphatic heterocycles. The molecule has 0 radical (unpaired) electrons. The van der Waals surface area contributed by atoms with Gasteiger partial charge in [0, 0.05) is 0 Å². The maximum atomic E-state index is 5.81. The van der Waals surface area contributed by atoms with Crippen LogP contribution in [0.25, 0.3) is 0 Å². The molecular formula is C18H22O3. The van der Waals surface area contributed by atoms with Crippen LogP contribution in [0.2, 0.25) is 0 Å². The van der Waals surface area contributed by atoms with Crippen LogP contribution in [0, 0.1) is 6.92 Å². The van der Waals surface area contributed by atoms with E-state index in [9.17, 15) is 0 Å². The maximum absolute atomic E-state index is 5.81. The molecule has 112 valence electrons. The van der Waals surface area contributed by atoms with E-state index in [0.29, 0.717) is 6.61 Å². The van der Waals surface area contributed by atoms with Gasteiger partial charge in [-0.3, -0.25) is 0 Å². The van der Waals surface area contributed by atoms with Gasteiger partial charge in [-0.05, 0) is 54.8 Å². The second-order valence-electron chi connectivity index (χ2n) is 4.91. The zero-order valence-electron chi connectivity index (χ0n) is 12.9. The molecular weight excluding hydrogens is 264 g/mol. The molecule has 0 bridgehead atoms. The van der Waals surface area contributed by atoms with E-state index >= 15 is 0 Å². The highest BCUT2D eigenvalue weighted by Crippen LogP contribution is 2.24. The van der Waals surface area contributed by atoms with E-state index in [1.54, 1.807) is 7.11 Å². The minimum Gasteiger partial charge on any atom is -0.497 e. The summed E-state index contributed by atoms with van der Waals surface area (Å²) in [6.45, 7) is 5.42. The standard InChI is InChI=1S/C18H22O3/c1-4-11-20-18-10-9-17(12-14(18)2)21-13-15-5-7-16(19-3)8-6-15/h5-10,12H,4,11,13H2,1-3H3. The minimum atomic E-state index is 0.540. The van der Waals surface area contributed by atoms with E-state index < -0.39 is 0 Å². The zero-order valence-corrected chi connectivity index (χ0v) is 12.9. The van der Waals surface area contributed by atoms with Crippen LogP contribution in [0.5, 0.6) is 17.2 Å². The lowest BCUT2D eigenvalue weighted by atomic mass is 10.2. The molecule has 0 heterocycles. The van der Waals surface area contributed by atoms with E-state index in [4.69, 9.17) is 14.2 Å². The first-order chi connectivity index (χ1) is 10.2. The number of hydrogen-bond donors (Lipinski definition) is 0. The van der Waals surface area contributed by atoms with Crippen molar-refractivity contribution in [2.45, 2.75) is 26.9 Å². The van der Waals surface area contributed by atoms with Gasteiger partial charge in [0.1, 0.15) is 23.9 Å². The number of aryl methyl sites for hydroxylation is 1. The molecule has 0 aliphatic carbocycles. The highest BCUT2D eigenvalue weighted by atomic mass is 16.5. The Hall–Kier alpha value is -2.16. The SMILES string of the molecule is CCCOc1ccc(OCc2ccc(OC)cc2)cc1C. The summed E-state index contributed by atoms with van der Waals surface area (Å²) in [5.74, 6) is 2.63. The second-order valence-corrected chi connectivity index (χ2v) is 4.91. The number of methoxy groups -OCH3 is 1. The topological polar surface area (TPSA) is 27.7 Å². The molecule has 0 unspecified atom stereocenters. The average Bonchev–Trinajstić information content (AvgIpc) is 2.52. The number of hydrogen-bond acceptors (Lipinski definition) is 3. The van der Waals surface area contributed by atoms with Gasteiger partial charge in [0.25, 0.3) is 0 Å². The Kier molecular flexibility index (Phi) is 5.50. The molecule has 0 amide bonds. The zero-order chi connectivity index (χ0) is 15.1. The summed E-state index contributed by atoms with van der Waals surface area (Å²) in [6.07, 6.45) is 1.01. The van der Waals surface area contributed by atoms with Crippen LogP contribution in [0.3, 0.4) is 0 Å². The number of rotatable bonds is 7. The molecule has 3 nitrogen and oxygen atoms in total. The highest BCUT2D eigenvalue weighted by Gasteiger charge is 2.02. The summed E-state index contributed by atoms with van der Waals surface area (Å²) in [7, 11) is 1.66. The van der Waals surface area contributed by atoms with Crippen molar-refractivity contribution < 1.29 is 14.2 Å². The minimum absolute atomic E-state index is 0.540. The van der Waals surface area contributed by atoms with E-state index in [1.165, 1.54) is 0 Å². The van der Waals surface area contributed by atoms with Crippen LogP contribution in [0.15, 0.2) is 42.5 Å². The van der Waals surface area contributed by atoms with Gasteiger partial charge in [0.15, 0.2) is 0 Å². The quantitative estimate of drug-likeness (QED) is 0.756. The number of ether oxygens (including phenoxy) is 3. The van der Waals surface area contributed by atoms with Crippen LogP contribution in [-0.4, -0.2) is 13.7 Å². The third-order valence-corrected chi connectivity index (χ3v) is 3.17. The van der Waals surface area contributed by atoms with E-state index in [1.807, 2.05) is 49.4 Å². The Balaban J connectivity index is 1.94. The molecule has 2 rings (SSSR count). The summed E-state index contributed by atoms with van der Waals surface area (Å²) in [5, 5.41) is 0. The van der Waals surface area contributed by atoms with Crippen molar-refractivity contribution in [3.8, 4) is 17.2 Å². The van der Waals surface area contributed by atoms with Crippen molar-refractivity contribution in [1.29, 1.82) is 0 Å². The van der Waals surface area contributed by atoms with Crippen molar-refractivity contribution in [1.82, 2.24) is 0 Å². The maximum Gasteiger partial charge on any atom is 0.122 e. The van der Waals surface area contributed by atoms with Crippen LogP contribution in [-0.2, 0) is 6.61 Å². The summed E-state index contributed by atoms with van der Waals surface area (Å²) < 4.78 is 16.6. The molecule has 0 saturated heterocycles. The Morgan fingerprint density at radius 3 is 2.24 bits per heavy atom. The van der Waals surface area contributed by atoms with Crippen LogP contribution < -0.4 is 14.2 Å². The Bertz CT molecular complexity index is 561. The van der Waals surface area contributed by atoms with Gasteiger partial charge in [0.05, 0.1) is 13.7 Å². The van der Waals surface area contributed by atoms with Crippen molar-refractivity contribution in [2.24, 2.45) is 0 Å². The summed E-state index contributed by atoms with van der Waals surface area (Å²) in [6, 6.07) is 13.8. The van der Waals surface area contributed by atoms with Gasteiger partial charge in [-0.2, -0.15) is 0 Å². The fourth-order valence-electron chi connectivity index (χ4n) is 1.97. The lowest BCUT2D eigenvalue weighted by molar-refractivity contribution is 0.300. The van der Waals surface area contributed by atoms with Gasteiger partial charge in [0.2, 0.25) is 0 Å². The average molecular weight is 286 g/mol. The van der Waals surface area contributed by atoms with Gasteiger partial charge in [-0.15, -0.1) is 0 Å². The molecule has 2 aromatic carbocycles. The monoisotopic (exact) mass is 286 g/mol. The summed E-state index contributed by atoms with van der Waals surface area (Å²) >= 11 is 0. The fourth-order valence-corrected chi connectivity index (χ4v) is 1.97. The van der Waals surface area contributed by atoms with E-state index in [2.05, 4.69) is 6.92 Å². The van der Waals surface area contributed by atoms with Gasteiger partial charge < -0.3 is 14.2 Å². The molecule has 0 N–H and O–H groups in total. The first-order valence-corrected chi connectivity index (χ1v) is 7.22. The van der Waals surface area contributed by atoms with Crippen molar-refractivity contribution in [3.05, 3.63) is 53.6 Å². The molecule has 3 heteroatoms. The normalized spacial score (nSPS) is 10.2. The van der Waals surface area contributed by atoms with Crippen LogP contribution >= 0.6 is 0 Å². The van der Waals surface area contributed by atoms with E-state index in [0.717, 1.165) is 41.4 Å². The second kappa shape index (κ2) is 7.58. The number of benzene rings is 2. The molecule has 0 aliphatic rings. The molecule has 0 saturated carbocycles. The smallest absolute Gasteiger partial charge is 0.122 e. The van der Waals surface area contributed by atoms with Crippen molar-refractivity contribution in [2.75, 3.05) is 13.7 Å². The molecule has 21 heavy (non-hydrogen) atoms. The molecule has 0 spiro atoms. The molecule has 0 aromatic heterocycles. The first-order valence-electron chi connectivity index (χ1n) is 7.22. The molecule has 0 fully saturated rings. The fraction of sp³-hybridized carbons (Fsp3) is 0.333.